The Morgan fingerprint density at radius 1 is 1.08 bits per heavy atom. The maximum absolute atomic E-state index is 13.8. The van der Waals surface area contributed by atoms with Crippen LogP contribution in [0.4, 0.5) is 24.7 Å². The van der Waals surface area contributed by atoms with Gasteiger partial charge in [0.1, 0.15) is 23.7 Å². The lowest BCUT2D eigenvalue weighted by Crippen LogP contribution is -2.70. The summed E-state index contributed by atoms with van der Waals surface area (Å²) in [7, 11) is 3.03. The van der Waals surface area contributed by atoms with Crippen LogP contribution in [0.1, 0.15) is 34.8 Å². The van der Waals surface area contributed by atoms with E-state index >= 15 is 0 Å². The molecule has 2 aromatic carbocycles. The molecule has 5 aromatic rings. The number of anilines is 2. The van der Waals surface area contributed by atoms with Crippen LogP contribution in [0.15, 0.2) is 59.5 Å². The lowest BCUT2D eigenvalue weighted by molar-refractivity contribution is -0.179. The number of aryl methyl sites for hydroxylation is 2. The second-order valence-corrected chi connectivity index (χ2v) is 13.8. The number of carbonyl (C=O) groups is 1. The van der Waals surface area contributed by atoms with Gasteiger partial charge in [-0.05, 0) is 54.7 Å². The van der Waals surface area contributed by atoms with Crippen LogP contribution in [0.3, 0.4) is 0 Å². The first-order valence-corrected chi connectivity index (χ1v) is 17.1. The highest BCUT2D eigenvalue weighted by atomic mass is 35.5. The lowest BCUT2D eigenvalue weighted by atomic mass is 9.89. The number of aromatic nitrogens is 4. The Morgan fingerprint density at radius 2 is 1.83 bits per heavy atom. The number of carbonyl (C=O) groups excluding carboxylic acids is 1. The molecule has 52 heavy (non-hydrogen) atoms. The Kier molecular flexibility index (Phi) is 8.23. The summed E-state index contributed by atoms with van der Waals surface area (Å²) in [5.41, 5.74) is 3.96. The monoisotopic (exact) mass is 731 g/mol. The number of hydrogen-bond donors (Lipinski definition) is 2. The molecule has 1 spiro atoms. The quantitative estimate of drug-likeness (QED) is 0.217. The second-order valence-electron chi connectivity index (χ2n) is 13.5. The largest absolute Gasteiger partial charge is 0.481 e. The van der Waals surface area contributed by atoms with Crippen molar-refractivity contribution in [3.8, 4) is 28.3 Å². The van der Waals surface area contributed by atoms with E-state index in [-0.39, 0.29) is 40.7 Å². The summed E-state index contributed by atoms with van der Waals surface area (Å²) in [4.78, 5) is 35.8. The van der Waals surface area contributed by atoms with Gasteiger partial charge in [0, 0.05) is 60.5 Å². The van der Waals surface area contributed by atoms with E-state index in [1.54, 1.807) is 19.2 Å². The van der Waals surface area contributed by atoms with Gasteiger partial charge in [0.05, 0.1) is 29.4 Å². The van der Waals surface area contributed by atoms with E-state index in [1.165, 1.54) is 13.2 Å². The number of amides is 1. The molecule has 15 heteroatoms. The molecule has 8 rings (SSSR count). The van der Waals surface area contributed by atoms with Gasteiger partial charge in [0.2, 0.25) is 11.8 Å². The molecule has 1 aliphatic carbocycles. The average Bonchev–Trinajstić information content (AvgIpc) is 3.53. The van der Waals surface area contributed by atoms with E-state index in [2.05, 4.69) is 31.7 Å². The van der Waals surface area contributed by atoms with Gasteiger partial charge in [0.15, 0.2) is 0 Å². The third-order valence-corrected chi connectivity index (χ3v) is 10.6. The summed E-state index contributed by atoms with van der Waals surface area (Å²) in [6, 6.07) is 13.9. The van der Waals surface area contributed by atoms with Crippen molar-refractivity contribution in [1.29, 1.82) is 0 Å². The Hall–Kier alpha value is -5.05. The van der Waals surface area contributed by atoms with Gasteiger partial charge in [-0.25, -0.2) is 14.6 Å². The molecule has 0 saturated carbocycles. The molecular formula is C37H33ClF3N7O4. The van der Waals surface area contributed by atoms with Crippen molar-refractivity contribution >= 4 is 39.8 Å². The molecule has 2 fully saturated rings. The van der Waals surface area contributed by atoms with Crippen LogP contribution >= 0.6 is 11.6 Å². The van der Waals surface area contributed by atoms with E-state index in [0.717, 1.165) is 40.3 Å². The zero-order valence-electron chi connectivity index (χ0n) is 28.4. The number of alkyl halides is 3. The van der Waals surface area contributed by atoms with E-state index in [9.17, 15) is 22.8 Å². The predicted molar refractivity (Wildman–Crippen MR) is 189 cm³/mol. The van der Waals surface area contributed by atoms with Gasteiger partial charge in [-0.15, -0.1) is 0 Å². The number of nitrogens with one attached hydrogen (secondary N) is 2. The number of nitrogens with zero attached hydrogens (tertiary/aromatic N) is 5. The third-order valence-electron chi connectivity index (χ3n) is 10.2. The van der Waals surface area contributed by atoms with Crippen LogP contribution < -0.4 is 20.9 Å². The van der Waals surface area contributed by atoms with Gasteiger partial charge in [0.25, 0.3) is 5.56 Å². The topological polar surface area (TPSA) is 124 Å². The molecule has 11 nitrogen and oxygen atoms in total. The summed E-state index contributed by atoms with van der Waals surface area (Å²) in [6.45, 7) is 3.81. The smallest absolute Gasteiger partial charge is 0.433 e. The highest BCUT2D eigenvalue weighted by Gasteiger charge is 2.50. The third kappa shape index (κ3) is 5.74. The van der Waals surface area contributed by atoms with Crippen molar-refractivity contribution in [2.75, 3.05) is 38.7 Å². The molecule has 5 heterocycles. The van der Waals surface area contributed by atoms with Crippen molar-refractivity contribution in [1.82, 2.24) is 30.0 Å². The fraction of sp³-hybridized carbons (Fsp3) is 0.324. The molecule has 3 aromatic heterocycles. The fourth-order valence-corrected chi connectivity index (χ4v) is 7.88. The molecule has 2 aliphatic heterocycles. The van der Waals surface area contributed by atoms with Gasteiger partial charge >= 0.3 is 6.18 Å². The maximum atomic E-state index is 13.8. The number of halogens is 4. The summed E-state index contributed by atoms with van der Waals surface area (Å²) >= 11 is 7.16. The Bertz CT molecular complexity index is 2330. The standard InChI is InChI=1S/C37H33ClF3N7O4/c1-19-22(6-5-9-25(19)44-33-31-21(14-43-47(2)35(31)50)13-28(46-33)37(39,40)41)23-7-4-8-24(32(23)38)26-12-20-10-11-27(30(20)34(45-26)51-3)48-17-36(18-48)16-42-29(49)15-52-36/h4-9,12-14,27H,10-11,15-18H2,1-3H3,(H,42,49)(H,44,46)/t27-/m1/s1. The number of fused-ring (bicyclic) bond motifs is 2. The van der Waals surface area contributed by atoms with Crippen LogP contribution in [0, 0.1) is 6.92 Å². The minimum Gasteiger partial charge on any atom is -0.481 e. The second kappa shape index (κ2) is 12.6. The normalized spacial score (nSPS) is 18.3. The van der Waals surface area contributed by atoms with Gasteiger partial charge in [-0.1, -0.05) is 41.9 Å². The molecule has 1 amide bonds. The van der Waals surface area contributed by atoms with Crippen molar-refractivity contribution in [2.45, 2.75) is 37.6 Å². The first kappa shape index (κ1) is 34.1. The van der Waals surface area contributed by atoms with E-state index in [4.69, 9.17) is 26.1 Å². The maximum Gasteiger partial charge on any atom is 0.433 e. The zero-order chi connectivity index (χ0) is 36.5. The Labute approximate surface area is 300 Å². The number of hydrogen-bond acceptors (Lipinski definition) is 9. The molecule has 3 aliphatic rings. The van der Waals surface area contributed by atoms with Crippen LogP contribution in [0.25, 0.3) is 33.2 Å². The number of morpholine rings is 1. The summed E-state index contributed by atoms with van der Waals surface area (Å²) in [6.07, 6.45) is -1.81. The van der Waals surface area contributed by atoms with Gasteiger partial charge < -0.3 is 20.1 Å². The summed E-state index contributed by atoms with van der Waals surface area (Å²) < 4.78 is 54.3. The highest BCUT2D eigenvalue weighted by molar-refractivity contribution is 6.36. The zero-order valence-corrected chi connectivity index (χ0v) is 29.2. The molecular weight excluding hydrogens is 699 g/mol. The first-order chi connectivity index (χ1) is 24.9. The Balaban J connectivity index is 1.12. The minimum atomic E-state index is -4.74. The van der Waals surface area contributed by atoms with Crippen LogP contribution in [-0.4, -0.2) is 69.5 Å². The van der Waals surface area contributed by atoms with E-state index in [0.29, 0.717) is 58.6 Å². The molecule has 1 atom stereocenters. The number of rotatable bonds is 6. The number of methoxy groups -OCH3 is 1. The van der Waals surface area contributed by atoms with Gasteiger partial charge in [-0.3, -0.25) is 14.5 Å². The van der Waals surface area contributed by atoms with E-state index in [1.807, 2.05) is 31.2 Å². The van der Waals surface area contributed by atoms with Crippen LogP contribution in [0.5, 0.6) is 5.88 Å². The van der Waals surface area contributed by atoms with Crippen molar-refractivity contribution < 1.29 is 27.4 Å². The SMILES string of the molecule is COc1nc(-c2cccc(-c3cccc(Nc4nc(C(F)(F)F)cc5cnn(C)c(=O)c45)c3C)c2Cl)cc2c1[C@H](N1CC3(CNC(=O)CO3)C1)CC2. The van der Waals surface area contributed by atoms with Crippen molar-refractivity contribution in [2.24, 2.45) is 7.05 Å². The molecule has 2 saturated heterocycles. The Morgan fingerprint density at radius 3 is 2.56 bits per heavy atom. The van der Waals surface area contributed by atoms with E-state index < -0.39 is 17.4 Å². The van der Waals surface area contributed by atoms with Crippen LogP contribution in [0.2, 0.25) is 5.02 Å². The molecule has 0 unspecified atom stereocenters. The summed E-state index contributed by atoms with van der Waals surface area (Å²) in [5.74, 6) is 0.204. The number of likely N-dealkylation sites (tertiary alicyclic amines) is 1. The molecule has 2 N–H and O–H groups in total. The van der Waals surface area contributed by atoms with Crippen LogP contribution in [-0.2, 0) is 29.2 Å². The number of pyridine rings is 2. The van der Waals surface area contributed by atoms with Gasteiger partial charge in [-0.2, -0.15) is 18.3 Å². The number of benzene rings is 2. The summed E-state index contributed by atoms with van der Waals surface area (Å²) in [5, 5.41) is 10.3. The first-order valence-electron chi connectivity index (χ1n) is 16.7. The van der Waals surface area contributed by atoms with Crippen molar-refractivity contribution in [3.63, 3.8) is 0 Å². The van der Waals surface area contributed by atoms with Crippen molar-refractivity contribution in [3.05, 3.63) is 92.5 Å². The average molecular weight is 732 g/mol. The molecule has 0 bridgehead atoms. The molecule has 0 radical (unpaired) electrons. The fourth-order valence-electron chi connectivity index (χ4n) is 7.56. The minimum absolute atomic E-state index is 0.0152. The highest BCUT2D eigenvalue weighted by Crippen LogP contribution is 2.47. The number of ether oxygens (including phenoxy) is 2. The lowest BCUT2D eigenvalue weighted by Gasteiger charge is -2.53. The predicted octanol–water partition coefficient (Wildman–Crippen LogP) is 5.98. The molecule has 268 valence electrons.